The van der Waals surface area contributed by atoms with Crippen LogP contribution in [-0.4, -0.2) is 31.5 Å². The fourth-order valence-corrected chi connectivity index (χ4v) is 2.33. The van der Waals surface area contributed by atoms with Crippen LogP contribution in [0.25, 0.3) is 0 Å². The summed E-state index contributed by atoms with van der Waals surface area (Å²) in [6.45, 7) is 18.7. The number of carbonyl (C=O) groups is 1. The first kappa shape index (κ1) is 19.0. The highest BCUT2D eigenvalue weighted by atomic mass is 35.5. The molecule has 0 unspecified atom stereocenters. The second-order valence-electron chi connectivity index (χ2n) is 6.11. The molecule has 0 saturated heterocycles. The van der Waals surface area contributed by atoms with Gasteiger partial charge in [0.15, 0.2) is 0 Å². The summed E-state index contributed by atoms with van der Waals surface area (Å²) in [5, 5.41) is 0.108. The van der Waals surface area contributed by atoms with Crippen LogP contribution in [0.4, 0.5) is 0 Å². The molecule has 0 fully saturated rings. The van der Waals surface area contributed by atoms with E-state index in [9.17, 15) is 4.79 Å². The fraction of sp³-hybridized carbons (Fsp3) is 0.533. The largest absolute Gasteiger partial charge is 0.544 e. The average Bonchev–Trinajstić information content (AvgIpc) is 2.31. The molecule has 0 atom stereocenters. The molecule has 0 spiro atoms. The van der Waals surface area contributed by atoms with Gasteiger partial charge in [0.05, 0.1) is 5.76 Å². The van der Waals surface area contributed by atoms with Crippen molar-refractivity contribution >= 4 is 25.8 Å². The number of amides is 1. The van der Waals surface area contributed by atoms with Gasteiger partial charge in [0.25, 0.3) is 0 Å². The van der Waals surface area contributed by atoms with Crippen molar-refractivity contribution in [3.63, 3.8) is 0 Å². The van der Waals surface area contributed by atoms with E-state index in [1.165, 1.54) is 4.90 Å². The first-order chi connectivity index (χ1) is 9.05. The van der Waals surface area contributed by atoms with E-state index in [1.54, 1.807) is 18.4 Å². The number of hydrogen-bond acceptors (Lipinski definition) is 2. The molecule has 0 aromatic heterocycles. The van der Waals surface area contributed by atoms with E-state index < -0.39 is 8.32 Å². The Hall–Kier alpha value is -1.00. The predicted octanol–water partition coefficient (Wildman–Crippen LogP) is 4.29. The Morgan fingerprint density at radius 2 is 1.95 bits per heavy atom. The zero-order valence-corrected chi connectivity index (χ0v) is 15.0. The summed E-state index contributed by atoms with van der Waals surface area (Å²) in [7, 11) is -1.89. The molecule has 1 amide bonds. The molecule has 114 valence electrons. The minimum Gasteiger partial charge on any atom is -0.544 e. The van der Waals surface area contributed by atoms with Gasteiger partial charge in [0, 0.05) is 12.7 Å². The molecule has 20 heavy (non-hydrogen) atoms. The Kier molecular flexibility index (Phi) is 7.31. The number of nitrogens with zero attached hydrogens (tertiary/aromatic N) is 1. The van der Waals surface area contributed by atoms with Gasteiger partial charge >= 0.3 is 0 Å². The lowest BCUT2D eigenvalue weighted by molar-refractivity contribution is -0.125. The Bertz CT molecular complexity index is 397. The van der Waals surface area contributed by atoms with Gasteiger partial charge in [0.2, 0.25) is 14.2 Å². The molecule has 0 heterocycles. The summed E-state index contributed by atoms with van der Waals surface area (Å²) < 4.78 is 6.01. The normalized spacial score (nSPS) is 12.3. The number of rotatable bonds is 7. The molecular formula is C15H26ClNO2Si. The van der Waals surface area contributed by atoms with Crippen molar-refractivity contribution in [1.82, 2.24) is 4.90 Å². The van der Waals surface area contributed by atoms with E-state index in [0.717, 1.165) is 0 Å². The molecule has 0 radical (unpaired) electrons. The molecule has 0 bridgehead atoms. The van der Waals surface area contributed by atoms with Crippen LogP contribution in [0.5, 0.6) is 0 Å². The molecule has 0 aliphatic carbocycles. The van der Waals surface area contributed by atoms with E-state index in [2.05, 4.69) is 47.0 Å². The van der Waals surface area contributed by atoms with Crippen molar-refractivity contribution in [2.45, 2.75) is 38.9 Å². The third-order valence-corrected chi connectivity index (χ3v) is 8.01. The number of allylic oxidation sites excluding steroid dienone is 1. The van der Waals surface area contributed by atoms with Crippen LogP contribution in [0, 0.1) is 0 Å². The summed E-state index contributed by atoms with van der Waals surface area (Å²) >= 11 is 5.56. The quantitative estimate of drug-likeness (QED) is 0.231. The molecule has 0 aromatic rings. The van der Waals surface area contributed by atoms with Crippen LogP contribution in [-0.2, 0) is 9.22 Å². The lowest BCUT2D eigenvalue weighted by atomic mass is 10.2. The number of alkyl halides is 1. The van der Waals surface area contributed by atoms with Gasteiger partial charge in [-0.3, -0.25) is 4.79 Å². The van der Waals surface area contributed by atoms with Gasteiger partial charge in [-0.1, -0.05) is 33.4 Å². The average molecular weight is 316 g/mol. The van der Waals surface area contributed by atoms with E-state index >= 15 is 0 Å². The highest BCUT2D eigenvalue weighted by molar-refractivity contribution is 6.74. The maximum atomic E-state index is 11.6. The summed E-state index contributed by atoms with van der Waals surface area (Å²) in [5.74, 6) is 0.323. The number of hydrogen-bond donors (Lipinski definition) is 0. The lowest BCUT2D eigenvalue weighted by Crippen LogP contribution is -2.40. The van der Waals surface area contributed by atoms with Crippen molar-refractivity contribution in [1.29, 1.82) is 0 Å². The molecule has 0 rings (SSSR count). The molecule has 0 saturated carbocycles. The summed E-state index contributed by atoms with van der Waals surface area (Å²) in [6, 6.07) is 0. The van der Waals surface area contributed by atoms with Crippen LogP contribution in [0.15, 0.2) is 37.3 Å². The van der Waals surface area contributed by atoms with E-state index in [4.69, 9.17) is 16.0 Å². The van der Waals surface area contributed by atoms with Gasteiger partial charge in [-0.25, -0.2) is 0 Å². The van der Waals surface area contributed by atoms with E-state index in [1.807, 2.05) is 0 Å². The molecule has 3 nitrogen and oxygen atoms in total. The third kappa shape index (κ3) is 5.97. The van der Waals surface area contributed by atoms with E-state index in [0.29, 0.717) is 12.3 Å². The van der Waals surface area contributed by atoms with Crippen molar-refractivity contribution in [2.24, 2.45) is 0 Å². The Labute approximate surface area is 129 Å². The molecule has 0 aliphatic rings. The van der Waals surface area contributed by atoms with Crippen LogP contribution in [0.3, 0.4) is 0 Å². The second kappa shape index (κ2) is 7.69. The molecular weight excluding hydrogens is 290 g/mol. The van der Waals surface area contributed by atoms with Crippen molar-refractivity contribution in [3.8, 4) is 0 Å². The minimum absolute atomic E-state index is 0.0618. The van der Waals surface area contributed by atoms with Crippen molar-refractivity contribution in [3.05, 3.63) is 37.3 Å². The van der Waals surface area contributed by atoms with Crippen LogP contribution < -0.4 is 0 Å². The first-order valence-electron chi connectivity index (χ1n) is 6.57. The van der Waals surface area contributed by atoms with Crippen LogP contribution >= 0.6 is 11.6 Å². The molecule has 0 aromatic carbocycles. The van der Waals surface area contributed by atoms with Gasteiger partial charge in [0.1, 0.15) is 5.88 Å². The van der Waals surface area contributed by atoms with Gasteiger partial charge in [-0.2, -0.15) is 0 Å². The van der Waals surface area contributed by atoms with Crippen LogP contribution in [0.1, 0.15) is 20.8 Å². The number of carbonyl (C=O) groups excluding carboxylic acids is 1. The second-order valence-corrected chi connectivity index (χ2v) is 11.1. The summed E-state index contributed by atoms with van der Waals surface area (Å²) in [6.07, 6.45) is 4.99. The van der Waals surface area contributed by atoms with Crippen molar-refractivity contribution in [2.75, 3.05) is 12.4 Å². The molecule has 0 N–H and O–H groups in total. The lowest BCUT2D eigenvalue weighted by Gasteiger charge is -2.36. The predicted molar refractivity (Wildman–Crippen MR) is 89.2 cm³/mol. The zero-order valence-electron chi connectivity index (χ0n) is 13.2. The Morgan fingerprint density at radius 1 is 1.40 bits per heavy atom. The van der Waals surface area contributed by atoms with Crippen LogP contribution in [0.2, 0.25) is 18.1 Å². The summed E-state index contributed by atoms with van der Waals surface area (Å²) in [5.41, 5.74) is 0. The van der Waals surface area contributed by atoms with E-state index in [-0.39, 0.29) is 16.8 Å². The van der Waals surface area contributed by atoms with Gasteiger partial charge < -0.3 is 9.33 Å². The third-order valence-electron chi connectivity index (χ3n) is 3.39. The maximum absolute atomic E-state index is 11.6. The van der Waals surface area contributed by atoms with Gasteiger partial charge in [-0.05, 0) is 24.2 Å². The zero-order chi connectivity index (χ0) is 16.0. The highest BCUT2D eigenvalue weighted by Gasteiger charge is 2.38. The molecule has 5 heteroatoms. The monoisotopic (exact) mass is 315 g/mol. The number of halogens is 1. The molecule has 0 aliphatic heterocycles. The topological polar surface area (TPSA) is 29.5 Å². The summed E-state index contributed by atoms with van der Waals surface area (Å²) in [4.78, 5) is 13.1. The van der Waals surface area contributed by atoms with Crippen molar-refractivity contribution < 1.29 is 9.22 Å². The SMILES string of the molecule is C=CCN(/C=C/C(=C)O[Si](C)(C)C(C)(C)C)C(=O)CCl. The highest BCUT2D eigenvalue weighted by Crippen LogP contribution is 2.37. The fourth-order valence-electron chi connectivity index (χ4n) is 1.15. The maximum Gasteiger partial charge on any atom is 0.250 e. The minimum atomic E-state index is -1.89. The first-order valence-corrected chi connectivity index (χ1v) is 10.0. The standard InChI is InChI=1S/C15H26ClNO2Si/c1-8-10-17(14(18)12-16)11-9-13(2)19-20(6,7)15(3,4)5/h8-9,11H,1-2,10,12H2,3-7H3/b11-9+. The van der Waals surface area contributed by atoms with Gasteiger partial charge in [-0.15, -0.1) is 18.2 Å². The Morgan fingerprint density at radius 3 is 2.35 bits per heavy atom. The Balaban J connectivity index is 4.77. The smallest absolute Gasteiger partial charge is 0.250 e.